The number of hydrogen-bond acceptors (Lipinski definition) is 3. The molecule has 5 heteroatoms. The van der Waals surface area contributed by atoms with Crippen LogP contribution >= 0.6 is 0 Å². The second-order valence-electron chi connectivity index (χ2n) is 7.31. The highest BCUT2D eigenvalue weighted by Crippen LogP contribution is 2.34. The molecule has 0 spiro atoms. The summed E-state index contributed by atoms with van der Waals surface area (Å²) in [5.41, 5.74) is 8.39. The third-order valence-electron chi connectivity index (χ3n) is 4.54. The topological polar surface area (TPSA) is 66.6 Å². The molecule has 0 aromatic heterocycles. The Morgan fingerprint density at radius 1 is 1.26 bits per heavy atom. The van der Waals surface area contributed by atoms with Crippen molar-refractivity contribution in [1.29, 1.82) is 0 Å². The monoisotopic (exact) mass is 313 g/mol. The van der Waals surface area contributed by atoms with E-state index in [1.165, 1.54) is 0 Å². The first-order chi connectivity index (χ1) is 10.7. The van der Waals surface area contributed by atoms with Crippen molar-refractivity contribution in [3.05, 3.63) is 41.6 Å². The van der Waals surface area contributed by atoms with Gasteiger partial charge >= 0.3 is 0 Å². The van der Waals surface area contributed by atoms with Gasteiger partial charge in [0.05, 0.1) is 0 Å². The summed E-state index contributed by atoms with van der Waals surface area (Å²) < 4.78 is 0. The summed E-state index contributed by atoms with van der Waals surface area (Å²) >= 11 is 0. The number of anilines is 1. The van der Waals surface area contributed by atoms with Crippen molar-refractivity contribution >= 4 is 17.5 Å². The molecule has 0 bridgehead atoms. The van der Waals surface area contributed by atoms with Gasteiger partial charge in [-0.3, -0.25) is 9.59 Å². The van der Waals surface area contributed by atoms with E-state index in [1.54, 1.807) is 21.9 Å². The third kappa shape index (κ3) is 2.50. The number of carbonyl (C=O) groups is 2. The highest BCUT2D eigenvalue weighted by Gasteiger charge is 2.43. The first-order valence-electron chi connectivity index (χ1n) is 7.91. The lowest BCUT2D eigenvalue weighted by atomic mass is 9.94. The van der Waals surface area contributed by atoms with Crippen LogP contribution in [0.25, 0.3) is 0 Å². The molecule has 3 rings (SSSR count). The predicted molar refractivity (Wildman–Crippen MR) is 89.5 cm³/mol. The fourth-order valence-electron chi connectivity index (χ4n) is 3.53. The zero-order valence-corrected chi connectivity index (χ0v) is 13.9. The van der Waals surface area contributed by atoms with Gasteiger partial charge in [-0.15, -0.1) is 0 Å². The van der Waals surface area contributed by atoms with E-state index in [0.29, 0.717) is 24.2 Å². The summed E-state index contributed by atoms with van der Waals surface area (Å²) in [6.45, 7) is 10.5. The number of fused-ring (bicyclic) bond motifs is 1. The number of carbonyl (C=O) groups excluding carboxylic acids is 2. The van der Waals surface area contributed by atoms with Gasteiger partial charge in [-0.25, -0.2) is 0 Å². The first-order valence-corrected chi connectivity index (χ1v) is 7.91. The van der Waals surface area contributed by atoms with Crippen LogP contribution in [0, 0.1) is 0 Å². The van der Waals surface area contributed by atoms with Crippen molar-refractivity contribution in [1.82, 2.24) is 9.80 Å². The van der Waals surface area contributed by atoms with Crippen LogP contribution in [-0.2, 0) is 11.3 Å². The smallest absolute Gasteiger partial charge is 0.255 e. The molecule has 1 aromatic rings. The molecule has 1 atom stereocenters. The number of nitrogens with two attached hydrogens (primary N) is 1. The van der Waals surface area contributed by atoms with Crippen molar-refractivity contribution in [2.24, 2.45) is 0 Å². The van der Waals surface area contributed by atoms with Gasteiger partial charge < -0.3 is 15.5 Å². The number of nitrogens with zero attached hydrogens (tertiary/aromatic N) is 2. The Hall–Kier alpha value is -2.30. The zero-order chi connectivity index (χ0) is 16.9. The molecule has 122 valence electrons. The number of nitrogen functional groups attached to an aromatic ring is 1. The molecule has 0 saturated carbocycles. The fourth-order valence-corrected chi connectivity index (χ4v) is 3.53. The standard InChI is InChI=1S/C18H23N3O2/c1-11-5-8-15(17(23)21(11)18(2,3)4)20-10-12-6-7-13(19)9-14(12)16(20)22/h6-7,9,15H,1,5,8,10,19H2,2-4H3. The van der Waals surface area contributed by atoms with Crippen LogP contribution in [0.5, 0.6) is 0 Å². The van der Waals surface area contributed by atoms with E-state index in [4.69, 9.17) is 5.73 Å². The Morgan fingerprint density at radius 2 is 1.96 bits per heavy atom. The molecule has 2 amide bonds. The second kappa shape index (κ2) is 5.11. The van der Waals surface area contributed by atoms with E-state index >= 15 is 0 Å². The van der Waals surface area contributed by atoms with Crippen LogP contribution in [0.3, 0.4) is 0 Å². The van der Waals surface area contributed by atoms with Gasteiger partial charge in [0.1, 0.15) is 6.04 Å². The highest BCUT2D eigenvalue weighted by atomic mass is 16.2. The number of piperidine rings is 1. The SMILES string of the molecule is C=C1CCC(N2Cc3ccc(N)cc3C2=O)C(=O)N1C(C)(C)C. The Balaban J connectivity index is 1.90. The average molecular weight is 313 g/mol. The molecule has 1 saturated heterocycles. The van der Waals surface area contributed by atoms with Crippen LogP contribution in [0.2, 0.25) is 0 Å². The van der Waals surface area contributed by atoms with Crippen molar-refractivity contribution in [3.8, 4) is 0 Å². The Morgan fingerprint density at radius 3 is 2.61 bits per heavy atom. The maximum absolute atomic E-state index is 13.0. The first kappa shape index (κ1) is 15.6. The van der Waals surface area contributed by atoms with Gasteiger partial charge in [-0.2, -0.15) is 0 Å². The number of allylic oxidation sites excluding steroid dienone is 1. The maximum atomic E-state index is 13.0. The van der Waals surface area contributed by atoms with Gasteiger partial charge in [-0.05, 0) is 51.3 Å². The van der Waals surface area contributed by atoms with Crippen LogP contribution in [0.1, 0.15) is 49.5 Å². The van der Waals surface area contributed by atoms with Gasteiger partial charge in [0.15, 0.2) is 0 Å². The zero-order valence-electron chi connectivity index (χ0n) is 13.9. The summed E-state index contributed by atoms with van der Waals surface area (Å²) in [6.07, 6.45) is 1.34. The molecule has 2 aliphatic rings. The molecule has 2 heterocycles. The summed E-state index contributed by atoms with van der Waals surface area (Å²) in [7, 11) is 0. The van der Waals surface area contributed by atoms with E-state index in [2.05, 4.69) is 6.58 Å². The van der Waals surface area contributed by atoms with Gasteiger partial charge in [-0.1, -0.05) is 12.6 Å². The van der Waals surface area contributed by atoms with Crippen LogP contribution in [0.15, 0.2) is 30.5 Å². The Labute approximate surface area is 136 Å². The van der Waals surface area contributed by atoms with Crippen LogP contribution in [0.4, 0.5) is 5.69 Å². The largest absolute Gasteiger partial charge is 0.399 e. The van der Waals surface area contributed by atoms with E-state index in [1.807, 2.05) is 26.8 Å². The molecular weight excluding hydrogens is 290 g/mol. The number of likely N-dealkylation sites (tertiary alicyclic amines) is 1. The average Bonchev–Trinajstić information content (AvgIpc) is 2.75. The second-order valence-corrected chi connectivity index (χ2v) is 7.31. The summed E-state index contributed by atoms with van der Waals surface area (Å²) in [5, 5.41) is 0. The third-order valence-corrected chi connectivity index (χ3v) is 4.54. The summed E-state index contributed by atoms with van der Waals surface area (Å²) in [4.78, 5) is 29.1. The molecular formula is C18H23N3O2. The lowest BCUT2D eigenvalue weighted by molar-refractivity contribution is -0.141. The van der Waals surface area contributed by atoms with E-state index < -0.39 is 6.04 Å². The molecule has 23 heavy (non-hydrogen) atoms. The van der Waals surface area contributed by atoms with Gasteiger partial charge in [0.2, 0.25) is 5.91 Å². The number of benzene rings is 1. The maximum Gasteiger partial charge on any atom is 0.255 e. The molecule has 1 unspecified atom stereocenters. The molecule has 1 aromatic carbocycles. The van der Waals surface area contributed by atoms with Gasteiger partial charge in [0.25, 0.3) is 5.91 Å². The molecule has 0 aliphatic carbocycles. The lowest BCUT2D eigenvalue weighted by Crippen LogP contribution is -2.56. The molecule has 2 N–H and O–H groups in total. The predicted octanol–water partition coefficient (Wildman–Crippen LogP) is 2.53. The summed E-state index contributed by atoms with van der Waals surface area (Å²) in [5.74, 6) is -0.144. The highest BCUT2D eigenvalue weighted by molar-refractivity contribution is 6.02. The number of amides is 2. The quantitative estimate of drug-likeness (QED) is 0.810. The molecule has 0 radical (unpaired) electrons. The normalized spacial score (nSPS) is 21.9. The lowest BCUT2D eigenvalue weighted by Gasteiger charge is -2.44. The van der Waals surface area contributed by atoms with Crippen molar-refractivity contribution in [2.45, 2.75) is 51.7 Å². The minimum Gasteiger partial charge on any atom is -0.399 e. The van der Waals surface area contributed by atoms with E-state index in [-0.39, 0.29) is 17.4 Å². The molecule has 1 fully saturated rings. The van der Waals surface area contributed by atoms with E-state index in [0.717, 1.165) is 17.7 Å². The number of rotatable bonds is 1. The van der Waals surface area contributed by atoms with E-state index in [9.17, 15) is 9.59 Å². The summed E-state index contributed by atoms with van der Waals surface area (Å²) in [6, 6.07) is 4.93. The van der Waals surface area contributed by atoms with Crippen molar-refractivity contribution in [2.75, 3.05) is 5.73 Å². The van der Waals surface area contributed by atoms with Gasteiger partial charge in [0, 0.05) is 29.0 Å². The molecule has 5 nitrogen and oxygen atoms in total. The Bertz CT molecular complexity index is 703. The van der Waals surface area contributed by atoms with Crippen molar-refractivity contribution < 1.29 is 9.59 Å². The number of hydrogen-bond donors (Lipinski definition) is 1. The fraction of sp³-hybridized carbons (Fsp3) is 0.444. The van der Waals surface area contributed by atoms with Crippen LogP contribution < -0.4 is 5.73 Å². The minimum absolute atomic E-state index is 0.0390. The van der Waals surface area contributed by atoms with Crippen LogP contribution in [-0.4, -0.2) is 33.2 Å². The van der Waals surface area contributed by atoms with Crippen molar-refractivity contribution in [3.63, 3.8) is 0 Å². The molecule has 2 aliphatic heterocycles. The Kier molecular flexibility index (Phi) is 3.47. The minimum atomic E-state index is -0.430.